The second-order valence-electron chi connectivity index (χ2n) is 5.23. The van der Waals surface area contributed by atoms with Gasteiger partial charge in [0.25, 0.3) is 0 Å². The number of ketones is 1. The summed E-state index contributed by atoms with van der Waals surface area (Å²) >= 11 is 0. The van der Waals surface area contributed by atoms with E-state index in [1.54, 1.807) is 11.8 Å². The van der Waals surface area contributed by atoms with E-state index in [4.69, 9.17) is 4.74 Å². The van der Waals surface area contributed by atoms with Gasteiger partial charge in [0.1, 0.15) is 0 Å². The minimum absolute atomic E-state index is 0.0324. The molecule has 0 saturated carbocycles. The summed E-state index contributed by atoms with van der Waals surface area (Å²) < 4.78 is 16.7. The number of allylic oxidation sites excluding steroid dienone is 2. The molecule has 22 heavy (non-hydrogen) atoms. The monoisotopic (exact) mass is 331 g/mol. The highest BCUT2D eigenvalue weighted by Gasteiger charge is 2.32. The standard InChI is InChI=1S/C14H22NO6P/c1-3-12(16)10-11(2)13(22(18,19)20)4-5-14(17)15-6-8-21-9-7-15/h3-5,11,13H,1,6-10H2,2H3,(H2,18,19,20). The SMILES string of the molecule is C=CC(=O)CC(C)C(C=CC(=O)N1CCOCC1)P(=O)(O)O. The Hall–Kier alpha value is -1.27. The highest BCUT2D eigenvalue weighted by Crippen LogP contribution is 2.46. The van der Waals surface area contributed by atoms with Crippen molar-refractivity contribution in [2.75, 3.05) is 26.3 Å². The van der Waals surface area contributed by atoms with Gasteiger partial charge in [0, 0.05) is 25.6 Å². The third kappa shape index (κ3) is 5.85. The van der Waals surface area contributed by atoms with E-state index in [2.05, 4.69) is 6.58 Å². The van der Waals surface area contributed by atoms with Gasteiger partial charge in [-0.2, -0.15) is 0 Å². The molecule has 2 unspecified atom stereocenters. The number of nitrogens with zero attached hydrogens (tertiary/aromatic N) is 1. The molecule has 0 radical (unpaired) electrons. The molecule has 1 aliphatic heterocycles. The summed E-state index contributed by atoms with van der Waals surface area (Å²) in [4.78, 5) is 43.8. The van der Waals surface area contributed by atoms with Crippen LogP contribution in [-0.4, -0.2) is 58.3 Å². The zero-order valence-electron chi connectivity index (χ0n) is 12.6. The van der Waals surface area contributed by atoms with Gasteiger partial charge in [0.2, 0.25) is 5.91 Å². The number of ether oxygens (including phenoxy) is 1. The fourth-order valence-corrected chi connectivity index (χ4v) is 3.30. The predicted molar refractivity (Wildman–Crippen MR) is 81.4 cm³/mol. The van der Waals surface area contributed by atoms with E-state index in [1.807, 2.05) is 0 Å². The topological polar surface area (TPSA) is 104 Å². The van der Waals surface area contributed by atoms with Crippen molar-refractivity contribution in [3.63, 3.8) is 0 Å². The Morgan fingerprint density at radius 2 is 1.95 bits per heavy atom. The van der Waals surface area contributed by atoms with E-state index in [0.717, 1.165) is 6.08 Å². The first-order valence-corrected chi connectivity index (χ1v) is 8.69. The number of hydrogen-bond acceptors (Lipinski definition) is 4. The van der Waals surface area contributed by atoms with Crippen molar-refractivity contribution in [2.24, 2.45) is 5.92 Å². The number of carbonyl (C=O) groups excluding carboxylic acids is 2. The third-order valence-corrected chi connectivity index (χ3v) is 4.94. The van der Waals surface area contributed by atoms with Crippen LogP contribution in [-0.2, 0) is 18.9 Å². The molecule has 2 N–H and O–H groups in total. The summed E-state index contributed by atoms with van der Waals surface area (Å²) in [5.41, 5.74) is -1.18. The van der Waals surface area contributed by atoms with Crippen LogP contribution in [0, 0.1) is 5.92 Å². The van der Waals surface area contributed by atoms with Crippen molar-refractivity contribution in [1.29, 1.82) is 0 Å². The maximum absolute atomic E-state index is 12.0. The normalized spacial score (nSPS) is 19.0. The Kier molecular flexibility index (Phi) is 7.16. The largest absolute Gasteiger partial charge is 0.378 e. The molecular weight excluding hydrogens is 309 g/mol. The molecule has 2 atom stereocenters. The lowest BCUT2D eigenvalue weighted by molar-refractivity contribution is -0.130. The van der Waals surface area contributed by atoms with Gasteiger partial charge in [-0.15, -0.1) is 0 Å². The Labute approximate surface area is 129 Å². The number of morpholine rings is 1. The van der Waals surface area contributed by atoms with Crippen molar-refractivity contribution in [3.8, 4) is 0 Å². The van der Waals surface area contributed by atoms with Gasteiger partial charge >= 0.3 is 7.60 Å². The Morgan fingerprint density at radius 1 is 1.36 bits per heavy atom. The maximum atomic E-state index is 12.0. The molecule has 1 rings (SSSR count). The van der Waals surface area contributed by atoms with Gasteiger partial charge in [-0.25, -0.2) is 0 Å². The zero-order chi connectivity index (χ0) is 16.8. The predicted octanol–water partition coefficient (Wildman–Crippen LogP) is 0.729. The van der Waals surface area contributed by atoms with E-state index in [9.17, 15) is 23.9 Å². The van der Waals surface area contributed by atoms with Crippen LogP contribution in [0.4, 0.5) is 0 Å². The van der Waals surface area contributed by atoms with Crippen molar-refractivity contribution < 1.29 is 28.7 Å². The average Bonchev–Trinajstić information content (AvgIpc) is 2.46. The van der Waals surface area contributed by atoms with Crippen molar-refractivity contribution in [2.45, 2.75) is 19.0 Å². The summed E-state index contributed by atoms with van der Waals surface area (Å²) in [6.07, 6.45) is 3.47. The van der Waals surface area contributed by atoms with Crippen LogP contribution in [0.2, 0.25) is 0 Å². The molecule has 0 spiro atoms. The van der Waals surface area contributed by atoms with Crippen LogP contribution >= 0.6 is 7.60 Å². The lowest BCUT2D eigenvalue weighted by Gasteiger charge is -2.26. The number of hydrogen-bond donors (Lipinski definition) is 2. The minimum atomic E-state index is -4.46. The summed E-state index contributed by atoms with van der Waals surface area (Å²) in [5.74, 6) is -1.21. The number of carbonyl (C=O) groups is 2. The van der Waals surface area contributed by atoms with Gasteiger partial charge in [-0.3, -0.25) is 14.2 Å². The fraction of sp³-hybridized carbons (Fsp3) is 0.571. The van der Waals surface area contributed by atoms with E-state index >= 15 is 0 Å². The molecular formula is C14H22NO6P. The Morgan fingerprint density at radius 3 is 2.45 bits per heavy atom. The molecule has 0 aromatic carbocycles. The van der Waals surface area contributed by atoms with Crippen molar-refractivity contribution in [1.82, 2.24) is 4.90 Å². The zero-order valence-corrected chi connectivity index (χ0v) is 13.4. The average molecular weight is 331 g/mol. The van der Waals surface area contributed by atoms with E-state index in [-0.39, 0.29) is 18.1 Å². The van der Waals surface area contributed by atoms with Gasteiger partial charge in [0.05, 0.1) is 18.9 Å². The van der Waals surface area contributed by atoms with Gasteiger partial charge < -0.3 is 19.4 Å². The number of amides is 1. The number of rotatable bonds is 7. The Balaban J connectivity index is 2.77. The highest BCUT2D eigenvalue weighted by atomic mass is 31.2. The Bertz CT molecular complexity index is 492. The first-order valence-electron chi connectivity index (χ1n) is 7.01. The van der Waals surface area contributed by atoms with E-state index in [1.165, 1.54) is 12.2 Å². The fourth-order valence-electron chi connectivity index (χ4n) is 2.22. The van der Waals surface area contributed by atoms with Crippen LogP contribution in [0.3, 0.4) is 0 Å². The lowest BCUT2D eigenvalue weighted by Crippen LogP contribution is -2.39. The smallest absolute Gasteiger partial charge is 0.332 e. The van der Waals surface area contributed by atoms with Crippen LogP contribution in [0.5, 0.6) is 0 Å². The van der Waals surface area contributed by atoms with E-state index < -0.39 is 19.2 Å². The maximum Gasteiger partial charge on any atom is 0.332 e. The molecule has 0 bridgehead atoms. The minimum Gasteiger partial charge on any atom is -0.378 e. The van der Waals surface area contributed by atoms with Crippen LogP contribution in [0.1, 0.15) is 13.3 Å². The molecule has 0 aliphatic carbocycles. The highest BCUT2D eigenvalue weighted by molar-refractivity contribution is 7.52. The molecule has 0 aromatic heterocycles. The molecule has 7 nitrogen and oxygen atoms in total. The van der Waals surface area contributed by atoms with Crippen LogP contribution < -0.4 is 0 Å². The molecule has 8 heteroatoms. The first-order chi connectivity index (χ1) is 10.3. The summed E-state index contributed by atoms with van der Waals surface area (Å²) in [6, 6.07) is 0. The first kappa shape index (κ1) is 18.8. The molecule has 1 fully saturated rings. The third-order valence-electron chi connectivity index (χ3n) is 3.48. The molecule has 1 amide bonds. The molecule has 1 saturated heterocycles. The molecule has 124 valence electrons. The quantitative estimate of drug-likeness (QED) is 0.526. The van der Waals surface area contributed by atoms with Crippen molar-refractivity contribution in [3.05, 3.63) is 24.8 Å². The molecule has 1 aliphatic rings. The summed E-state index contributed by atoms with van der Waals surface area (Å²) in [5, 5.41) is 0. The van der Waals surface area contributed by atoms with Crippen LogP contribution in [0.15, 0.2) is 24.8 Å². The van der Waals surface area contributed by atoms with Gasteiger partial charge in [-0.1, -0.05) is 19.6 Å². The molecule has 0 aromatic rings. The van der Waals surface area contributed by atoms with Crippen molar-refractivity contribution >= 4 is 19.3 Å². The van der Waals surface area contributed by atoms with E-state index in [0.29, 0.717) is 26.3 Å². The lowest BCUT2D eigenvalue weighted by atomic mass is 10.00. The van der Waals surface area contributed by atoms with Crippen LogP contribution in [0.25, 0.3) is 0 Å². The molecule has 1 heterocycles. The summed E-state index contributed by atoms with van der Waals surface area (Å²) in [6.45, 7) is 6.71. The second kappa shape index (κ2) is 8.39. The summed E-state index contributed by atoms with van der Waals surface area (Å²) in [7, 11) is -4.46. The van der Waals surface area contributed by atoms with Gasteiger partial charge in [0.15, 0.2) is 5.78 Å². The van der Waals surface area contributed by atoms with Gasteiger partial charge in [-0.05, 0) is 12.0 Å². The second-order valence-corrected chi connectivity index (χ2v) is 7.00.